The second-order valence-corrected chi connectivity index (χ2v) is 5.04. The Labute approximate surface area is 106 Å². The lowest BCUT2D eigenvalue weighted by atomic mass is 9.89. The van der Waals surface area contributed by atoms with E-state index in [9.17, 15) is 10.1 Å². The Bertz CT molecular complexity index is 562. The summed E-state index contributed by atoms with van der Waals surface area (Å²) in [6, 6.07) is 7.92. The Balaban J connectivity index is 2.34. The van der Waals surface area contributed by atoms with Crippen molar-refractivity contribution in [2.45, 2.75) is 38.6 Å². The first-order valence-electron chi connectivity index (χ1n) is 6.26. The van der Waals surface area contributed by atoms with Crippen molar-refractivity contribution in [3.63, 3.8) is 0 Å². The Hall–Kier alpha value is -1.84. The molecule has 2 aromatic rings. The first-order chi connectivity index (χ1) is 8.57. The van der Waals surface area contributed by atoms with Crippen molar-refractivity contribution < 1.29 is 4.92 Å². The zero-order valence-corrected chi connectivity index (χ0v) is 10.8. The summed E-state index contributed by atoms with van der Waals surface area (Å²) < 4.78 is 0. The van der Waals surface area contributed by atoms with Gasteiger partial charge in [0, 0.05) is 41.8 Å². The van der Waals surface area contributed by atoms with E-state index < -0.39 is 5.54 Å². The fourth-order valence-corrected chi connectivity index (χ4v) is 2.47. The van der Waals surface area contributed by atoms with E-state index in [1.165, 1.54) is 0 Å². The molecular weight excluding hydrogens is 228 g/mol. The molecule has 1 N–H and O–H groups in total. The van der Waals surface area contributed by atoms with E-state index >= 15 is 0 Å². The number of benzene rings is 1. The van der Waals surface area contributed by atoms with Crippen molar-refractivity contribution in [2.75, 3.05) is 0 Å². The number of para-hydroxylation sites is 1. The number of fused-ring (bicyclic) bond motifs is 1. The third kappa shape index (κ3) is 2.23. The molecule has 0 amide bonds. The van der Waals surface area contributed by atoms with Gasteiger partial charge in [0.05, 0.1) is 0 Å². The molecule has 96 valence electrons. The van der Waals surface area contributed by atoms with Crippen molar-refractivity contribution in [1.82, 2.24) is 4.98 Å². The topological polar surface area (TPSA) is 58.9 Å². The number of rotatable bonds is 5. The third-order valence-corrected chi connectivity index (χ3v) is 3.48. The van der Waals surface area contributed by atoms with Crippen LogP contribution in [0.4, 0.5) is 0 Å². The summed E-state index contributed by atoms with van der Waals surface area (Å²) in [5.74, 6) is 0. The van der Waals surface area contributed by atoms with Crippen LogP contribution in [0.2, 0.25) is 0 Å². The molecular formula is C14H18N2O2. The lowest BCUT2D eigenvalue weighted by Crippen LogP contribution is -2.37. The van der Waals surface area contributed by atoms with E-state index in [4.69, 9.17) is 0 Å². The molecule has 1 heterocycles. The Kier molecular flexibility index (Phi) is 3.36. The lowest BCUT2D eigenvalue weighted by molar-refractivity contribution is -0.566. The quantitative estimate of drug-likeness (QED) is 0.648. The molecule has 0 aliphatic carbocycles. The molecule has 0 saturated heterocycles. The molecule has 0 aliphatic rings. The van der Waals surface area contributed by atoms with Gasteiger partial charge >= 0.3 is 0 Å². The maximum absolute atomic E-state index is 11.3. The second-order valence-electron chi connectivity index (χ2n) is 5.04. The molecule has 1 aromatic carbocycles. The normalized spacial score (nSPS) is 14.6. The first-order valence-corrected chi connectivity index (χ1v) is 6.26. The second kappa shape index (κ2) is 4.80. The average molecular weight is 246 g/mol. The Morgan fingerprint density at radius 2 is 2.11 bits per heavy atom. The fraction of sp³-hybridized carbons (Fsp3) is 0.429. The molecule has 0 spiro atoms. The summed E-state index contributed by atoms with van der Waals surface area (Å²) >= 11 is 0. The first kappa shape index (κ1) is 12.6. The predicted molar refractivity (Wildman–Crippen MR) is 72.3 cm³/mol. The minimum atomic E-state index is -0.875. The van der Waals surface area contributed by atoms with Crippen LogP contribution in [0, 0.1) is 10.1 Å². The van der Waals surface area contributed by atoms with Gasteiger partial charge in [-0.1, -0.05) is 25.1 Å². The van der Waals surface area contributed by atoms with Crippen LogP contribution in [0.25, 0.3) is 10.9 Å². The number of nitro groups is 1. The maximum Gasteiger partial charge on any atom is 0.223 e. The van der Waals surface area contributed by atoms with Crippen molar-refractivity contribution >= 4 is 10.9 Å². The smallest absolute Gasteiger partial charge is 0.223 e. The Morgan fingerprint density at radius 3 is 2.78 bits per heavy atom. The summed E-state index contributed by atoms with van der Waals surface area (Å²) in [5, 5.41) is 12.4. The molecule has 0 aliphatic heterocycles. The van der Waals surface area contributed by atoms with Gasteiger partial charge in [-0.15, -0.1) is 0 Å². The number of aromatic nitrogens is 1. The zero-order chi connectivity index (χ0) is 13.2. The van der Waals surface area contributed by atoms with Gasteiger partial charge in [0.2, 0.25) is 5.54 Å². The number of H-pyrrole nitrogens is 1. The van der Waals surface area contributed by atoms with Crippen molar-refractivity contribution in [2.24, 2.45) is 0 Å². The van der Waals surface area contributed by atoms with Gasteiger partial charge in [0.25, 0.3) is 0 Å². The number of hydrogen-bond donors (Lipinski definition) is 1. The van der Waals surface area contributed by atoms with Crippen LogP contribution in [0.3, 0.4) is 0 Å². The molecule has 1 atom stereocenters. The molecule has 0 fully saturated rings. The van der Waals surface area contributed by atoms with E-state index in [-0.39, 0.29) is 4.92 Å². The lowest BCUT2D eigenvalue weighted by Gasteiger charge is -2.19. The van der Waals surface area contributed by atoms with Crippen LogP contribution in [0.1, 0.15) is 32.3 Å². The van der Waals surface area contributed by atoms with E-state index in [1.807, 2.05) is 37.4 Å². The highest BCUT2D eigenvalue weighted by molar-refractivity contribution is 5.83. The van der Waals surface area contributed by atoms with E-state index in [2.05, 4.69) is 4.98 Å². The molecule has 0 bridgehead atoms. The number of aromatic amines is 1. The average Bonchev–Trinajstić information content (AvgIpc) is 2.73. The summed E-state index contributed by atoms with van der Waals surface area (Å²) in [6.07, 6.45) is 3.78. The van der Waals surface area contributed by atoms with Crippen LogP contribution in [0.5, 0.6) is 0 Å². The van der Waals surface area contributed by atoms with Gasteiger partial charge in [-0.25, -0.2) is 0 Å². The van der Waals surface area contributed by atoms with E-state index in [0.29, 0.717) is 12.8 Å². The minimum Gasteiger partial charge on any atom is -0.361 e. The van der Waals surface area contributed by atoms with Crippen LogP contribution >= 0.6 is 0 Å². The fourth-order valence-electron chi connectivity index (χ4n) is 2.47. The molecule has 4 nitrogen and oxygen atoms in total. The van der Waals surface area contributed by atoms with Crippen LogP contribution in [-0.2, 0) is 6.42 Å². The standard InChI is InChI=1S/C14H18N2O2/c1-3-8-14(2,16(17)18)9-11-10-15-13-7-5-4-6-12(11)13/h4-7,10,15H,3,8-9H2,1-2H3. The number of hydrogen-bond acceptors (Lipinski definition) is 2. The van der Waals surface area contributed by atoms with E-state index in [0.717, 1.165) is 22.9 Å². The van der Waals surface area contributed by atoms with Gasteiger partial charge in [-0.05, 0) is 18.1 Å². The van der Waals surface area contributed by atoms with Crippen LogP contribution < -0.4 is 0 Å². The van der Waals surface area contributed by atoms with Gasteiger partial charge in [-0.2, -0.15) is 0 Å². The zero-order valence-electron chi connectivity index (χ0n) is 10.8. The van der Waals surface area contributed by atoms with Crippen molar-refractivity contribution in [3.05, 3.63) is 46.1 Å². The maximum atomic E-state index is 11.3. The minimum absolute atomic E-state index is 0.141. The highest BCUT2D eigenvalue weighted by Crippen LogP contribution is 2.27. The highest BCUT2D eigenvalue weighted by Gasteiger charge is 2.36. The molecule has 18 heavy (non-hydrogen) atoms. The van der Waals surface area contributed by atoms with Crippen molar-refractivity contribution in [3.8, 4) is 0 Å². The summed E-state index contributed by atoms with van der Waals surface area (Å²) in [7, 11) is 0. The third-order valence-electron chi connectivity index (χ3n) is 3.48. The largest absolute Gasteiger partial charge is 0.361 e. The van der Waals surface area contributed by atoms with Gasteiger partial charge in [0.15, 0.2) is 0 Å². The molecule has 0 saturated carbocycles. The van der Waals surface area contributed by atoms with Gasteiger partial charge in [-0.3, -0.25) is 10.1 Å². The van der Waals surface area contributed by atoms with Crippen LogP contribution in [0.15, 0.2) is 30.5 Å². The Morgan fingerprint density at radius 1 is 1.39 bits per heavy atom. The summed E-state index contributed by atoms with van der Waals surface area (Å²) in [6.45, 7) is 3.72. The summed E-state index contributed by atoms with van der Waals surface area (Å²) in [4.78, 5) is 14.3. The predicted octanol–water partition coefficient (Wildman–Crippen LogP) is 3.55. The molecule has 1 unspecified atom stereocenters. The number of nitrogens with zero attached hydrogens (tertiary/aromatic N) is 1. The number of nitrogens with one attached hydrogen (secondary N) is 1. The van der Waals surface area contributed by atoms with Crippen molar-refractivity contribution in [1.29, 1.82) is 0 Å². The SMILES string of the molecule is CCCC(C)(Cc1c[nH]c2ccccc12)[N+](=O)[O-]. The molecule has 0 radical (unpaired) electrons. The summed E-state index contributed by atoms with van der Waals surface area (Å²) in [5.41, 5.74) is 1.19. The molecule has 4 heteroatoms. The van der Waals surface area contributed by atoms with Gasteiger partial charge in [0.1, 0.15) is 0 Å². The van der Waals surface area contributed by atoms with Gasteiger partial charge < -0.3 is 4.98 Å². The highest BCUT2D eigenvalue weighted by atomic mass is 16.6. The monoisotopic (exact) mass is 246 g/mol. The van der Waals surface area contributed by atoms with E-state index in [1.54, 1.807) is 6.92 Å². The molecule has 2 rings (SSSR count). The molecule has 1 aromatic heterocycles. The van der Waals surface area contributed by atoms with Crippen LogP contribution in [-0.4, -0.2) is 15.4 Å².